The number of hydrogen-bond donors (Lipinski definition) is 1. The van der Waals surface area contributed by atoms with Gasteiger partial charge in [-0.25, -0.2) is 0 Å². The zero-order valence-corrected chi connectivity index (χ0v) is 18.3. The van der Waals surface area contributed by atoms with E-state index in [-0.39, 0.29) is 24.1 Å². The van der Waals surface area contributed by atoms with E-state index in [1.54, 1.807) is 0 Å². The van der Waals surface area contributed by atoms with E-state index >= 15 is 0 Å². The Kier molecular flexibility index (Phi) is 5.67. The highest BCUT2D eigenvalue weighted by molar-refractivity contribution is 5.79. The van der Waals surface area contributed by atoms with Crippen molar-refractivity contribution in [3.8, 4) is 0 Å². The van der Waals surface area contributed by atoms with Crippen molar-refractivity contribution in [2.45, 2.75) is 84.5 Å². The van der Waals surface area contributed by atoms with E-state index in [9.17, 15) is 9.90 Å². The molecule has 8 unspecified atom stereocenters. The van der Waals surface area contributed by atoms with E-state index in [2.05, 4.69) is 32.1 Å². The van der Waals surface area contributed by atoms with Gasteiger partial charge in [0.15, 0.2) is 0 Å². The summed E-state index contributed by atoms with van der Waals surface area (Å²) in [4.78, 5) is 13.4. The average molecular weight is 401 g/mol. The SMILES string of the molecule is CCC1(C)/C=C2/CC(O)CC(CCC3C(C)C=CC4=CC(C)CC(OC1=O)C43)O2. The van der Waals surface area contributed by atoms with Crippen molar-refractivity contribution in [2.75, 3.05) is 0 Å². The molecule has 4 nitrogen and oxygen atoms in total. The Hall–Kier alpha value is -1.55. The lowest BCUT2D eigenvalue weighted by atomic mass is 9.65. The van der Waals surface area contributed by atoms with Crippen LogP contribution in [0.5, 0.6) is 0 Å². The predicted molar refractivity (Wildman–Crippen MR) is 113 cm³/mol. The molecule has 2 heterocycles. The molecule has 4 heteroatoms. The number of carbonyl (C=O) groups excluding carboxylic acids is 1. The van der Waals surface area contributed by atoms with Crippen LogP contribution in [0.3, 0.4) is 0 Å². The Morgan fingerprint density at radius 2 is 2.00 bits per heavy atom. The van der Waals surface area contributed by atoms with Gasteiger partial charge in [-0.05, 0) is 62.0 Å². The normalized spacial score (nSPS) is 46.7. The van der Waals surface area contributed by atoms with Gasteiger partial charge in [0.05, 0.1) is 17.3 Å². The van der Waals surface area contributed by atoms with E-state index in [1.165, 1.54) is 5.57 Å². The van der Waals surface area contributed by atoms with Gasteiger partial charge in [0.25, 0.3) is 0 Å². The zero-order valence-electron chi connectivity index (χ0n) is 18.3. The molecule has 1 fully saturated rings. The minimum Gasteiger partial charge on any atom is -0.495 e. The fraction of sp³-hybridized carbons (Fsp3) is 0.720. The van der Waals surface area contributed by atoms with E-state index in [4.69, 9.17) is 9.47 Å². The van der Waals surface area contributed by atoms with Gasteiger partial charge >= 0.3 is 5.97 Å². The minimum absolute atomic E-state index is 0.0213. The van der Waals surface area contributed by atoms with Gasteiger partial charge < -0.3 is 14.6 Å². The molecular formula is C25H36O4. The maximum atomic E-state index is 13.4. The first-order valence-corrected chi connectivity index (χ1v) is 11.5. The highest BCUT2D eigenvalue weighted by Gasteiger charge is 2.44. The monoisotopic (exact) mass is 400 g/mol. The number of hydrogen-bond acceptors (Lipinski definition) is 4. The van der Waals surface area contributed by atoms with Crippen molar-refractivity contribution < 1.29 is 19.4 Å². The molecule has 1 N–H and O–H groups in total. The Bertz CT molecular complexity index is 735. The molecular weight excluding hydrogens is 364 g/mol. The first-order chi connectivity index (χ1) is 13.8. The van der Waals surface area contributed by atoms with Crippen molar-refractivity contribution in [1.82, 2.24) is 0 Å². The zero-order chi connectivity index (χ0) is 20.8. The number of carbonyl (C=O) groups is 1. The summed E-state index contributed by atoms with van der Waals surface area (Å²) in [5.74, 6) is 2.13. The molecule has 2 aliphatic carbocycles. The maximum Gasteiger partial charge on any atom is 0.316 e. The number of fused-ring (bicyclic) bond motifs is 2. The first kappa shape index (κ1) is 20.7. The Balaban J connectivity index is 1.74. The third-order valence-corrected chi connectivity index (χ3v) is 7.65. The maximum absolute atomic E-state index is 13.4. The lowest BCUT2D eigenvalue weighted by Gasteiger charge is -2.44. The molecule has 160 valence electrons. The van der Waals surface area contributed by atoms with Crippen LogP contribution in [0.2, 0.25) is 0 Å². The molecule has 4 aliphatic rings. The van der Waals surface area contributed by atoms with Crippen molar-refractivity contribution >= 4 is 5.97 Å². The van der Waals surface area contributed by atoms with Gasteiger partial charge in [0.2, 0.25) is 0 Å². The molecule has 29 heavy (non-hydrogen) atoms. The minimum atomic E-state index is -0.730. The Labute approximate surface area is 175 Å². The summed E-state index contributed by atoms with van der Waals surface area (Å²) in [7, 11) is 0. The molecule has 0 amide bonds. The lowest BCUT2D eigenvalue weighted by molar-refractivity contribution is -0.163. The van der Waals surface area contributed by atoms with Crippen LogP contribution in [0.1, 0.15) is 66.2 Å². The summed E-state index contributed by atoms with van der Waals surface area (Å²) in [6, 6.07) is 0. The Morgan fingerprint density at radius 1 is 1.21 bits per heavy atom. The van der Waals surface area contributed by atoms with E-state index < -0.39 is 11.5 Å². The van der Waals surface area contributed by atoms with Gasteiger partial charge in [-0.15, -0.1) is 0 Å². The summed E-state index contributed by atoms with van der Waals surface area (Å²) in [5, 5.41) is 10.4. The summed E-state index contributed by atoms with van der Waals surface area (Å²) >= 11 is 0. The van der Waals surface area contributed by atoms with Gasteiger partial charge in [0, 0.05) is 18.8 Å². The lowest BCUT2D eigenvalue weighted by Crippen LogP contribution is -2.44. The second-order valence-electron chi connectivity index (χ2n) is 10.0. The molecule has 0 aromatic heterocycles. The number of allylic oxidation sites excluding steroid dienone is 3. The molecule has 0 spiro atoms. The highest BCUT2D eigenvalue weighted by atomic mass is 16.5. The number of ether oxygens (including phenoxy) is 2. The molecule has 1 saturated heterocycles. The van der Waals surface area contributed by atoms with Crippen LogP contribution < -0.4 is 0 Å². The standard InChI is InChI=1S/C25H36O4/c1-5-25(4)14-20-13-18(26)12-19(28-20)8-9-21-16(3)6-7-17-10-15(2)11-22(23(17)21)29-24(25)27/h6-7,10,14-16,18-19,21-23,26H,5,8-9,11-13H2,1-4H3/b20-14-. The van der Waals surface area contributed by atoms with Crippen LogP contribution in [0.4, 0.5) is 0 Å². The van der Waals surface area contributed by atoms with Gasteiger partial charge in [-0.3, -0.25) is 4.79 Å². The van der Waals surface area contributed by atoms with Crippen molar-refractivity contribution in [2.24, 2.45) is 29.1 Å². The topological polar surface area (TPSA) is 55.8 Å². The van der Waals surface area contributed by atoms with Crippen LogP contribution in [0.15, 0.2) is 35.6 Å². The summed E-state index contributed by atoms with van der Waals surface area (Å²) in [6.45, 7) is 8.45. The largest absolute Gasteiger partial charge is 0.495 e. The van der Waals surface area contributed by atoms with Gasteiger partial charge in [-0.1, -0.05) is 39.0 Å². The third-order valence-electron chi connectivity index (χ3n) is 7.65. The van der Waals surface area contributed by atoms with Crippen LogP contribution >= 0.6 is 0 Å². The molecule has 8 atom stereocenters. The molecule has 2 bridgehead atoms. The van der Waals surface area contributed by atoms with Crippen molar-refractivity contribution in [1.29, 1.82) is 0 Å². The van der Waals surface area contributed by atoms with Crippen LogP contribution in [0, 0.1) is 29.1 Å². The van der Waals surface area contributed by atoms with Gasteiger partial charge in [-0.2, -0.15) is 0 Å². The smallest absolute Gasteiger partial charge is 0.316 e. The summed E-state index contributed by atoms with van der Waals surface area (Å²) in [6.07, 6.45) is 13.1. The molecule has 2 aliphatic heterocycles. The number of rotatable bonds is 1. The number of aliphatic hydroxyl groups excluding tert-OH is 1. The third kappa shape index (κ3) is 4.05. The van der Waals surface area contributed by atoms with E-state index in [0.717, 1.165) is 25.0 Å². The summed E-state index contributed by atoms with van der Waals surface area (Å²) < 4.78 is 12.5. The van der Waals surface area contributed by atoms with E-state index in [0.29, 0.717) is 37.0 Å². The predicted octanol–water partition coefficient (Wildman–Crippen LogP) is 4.94. The van der Waals surface area contributed by atoms with Crippen molar-refractivity contribution in [3.05, 3.63) is 35.6 Å². The van der Waals surface area contributed by atoms with Crippen LogP contribution in [-0.4, -0.2) is 29.4 Å². The fourth-order valence-electron chi connectivity index (χ4n) is 5.73. The molecule has 0 aromatic rings. The van der Waals surface area contributed by atoms with Crippen molar-refractivity contribution in [3.63, 3.8) is 0 Å². The first-order valence-electron chi connectivity index (χ1n) is 11.5. The second-order valence-corrected chi connectivity index (χ2v) is 10.0. The summed E-state index contributed by atoms with van der Waals surface area (Å²) in [5.41, 5.74) is 0.604. The number of aliphatic hydroxyl groups is 1. The molecule has 0 aromatic carbocycles. The fourth-order valence-corrected chi connectivity index (χ4v) is 5.73. The second kappa shape index (κ2) is 7.94. The molecule has 0 radical (unpaired) electrons. The Morgan fingerprint density at radius 3 is 2.76 bits per heavy atom. The van der Waals surface area contributed by atoms with E-state index in [1.807, 2.05) is 19.9 Å². The van der Waals surface area contributed by atoms with Crippen LogP contribution in [-0.2, 0) is 14.3 Å². The quantitative estimate of drug-likeness (QED) is 0.634. The van der Waals surface area contributed by atoms with Gasteiger partial charge in [0.1, 0.15) is 12.2 Å². The average Bonchev–Trinajstić information content (AvgIpc) is 2.66. The van der Waals surface area contributed by atoms with Crippen LogP contribution in [0.25, 0.3) is 0 Å². The highest BCUT2D eigenvalue weighted by Crippen LogP contribution is 2.46. The molecule has 0 saturated carbocycles. The number of esters is 1. The molecule has 4 rings (SSSR count).